The van der Waals surface area contributed by atoms with Gasteiger partial charge in [-0.25, -0.2) is 0 Å². The smallest absolute Gasteiger partial charge is 0.0731 e. The lowest BCUT2D eigenvalue weighted by Gasteiger charge is -2.42. The lowest BCUT2D eigenvalue weighted by Crippen LogP contribution is -2.54. The van der Waals surface area contributed by atoms with Crippen LogP contribution in [0.4, 0.5) is 0 Å². The van der Waals surface area contributed by atoms with E-state index in [1.54, 1.807) is 0 Å². The number of hydrogen-bond donors (Lipinski definition) is 2. The van der Waals surface area contributed by atoms with E-state index in [1.807, 2.05) is 0 Å². The monoisotopic (exact) mass is 268 g/mol. The van der Waals surface area contributed by atoms with Crippen LogP contribution in [0.2, 0.25) is 0 Å². The van der Waals surface area contributed by atoms with Crippen LogP contribution in [0.1, 0.15) is 45.4 Å². The topological polar surface area (TPSA) is 44.7 Å². The maximum Gasteiger partial charge on any atom is 0.0731 e. The number of morpholine rings is 1. The highest BCUT2D eigenvalue weighted by Crippen LogP contribution is 2.38. The molecule has 4 nitrogen and oxygen atoms in total. The second-order valence-electron chi connectivity index (χ2n) is 6.51. The number of hydrogen-bond acceptors (Lipinski definition) is 4. The minimum Gasteiger partial charge on any atom is -0.394 e. The molecular weight excluding hydrogens is 240 g/mol. The Hall–Kier alpha value is -0.160. The highest BCUT2D eigenvalue weighted by Gasteiger charge is 2.45. The second-order valence-corrected chi connectivity index (χ2v) is 6.51. The summed E-state index contributed by atoms with van der Waals surface area (Å²) in [4.78, 5) is 2.70. The van der Waals surface area contributed by atoms with Gasteiger partial charge in [0.25, 0.3) is 0 Å². The molecule has 0 aromatic carbocycles. The molecule has 0 aromatic rings. The first kappa shape index (κ1) is 13.8. The molecule has 4 heteroatoms. The van der Waals surface area contributed by atoms with Crippen molar-refractivity contribution >= 4 is 0 Å². The van der Waals surface area contributed by atoms with Crippen molar-refractivity contribution in [1.82, 2.24) is 10.2 Å². The highest BCUT2D eigenvalue weighted by atomic mass is 16.5. The Morgan fingerprint density at radius 3 is 3.05 bits per heavy atom. The molecule has 1 heterocycles. The van der Waals surface area contributed by atoms with Crippen LogP contribution in [-0.4, -0.2) is 60.0 Å². The number of nitrogens with one attached hydrogen (secondary N) is 1. The summed E-state index contributed by atoms with van der Waals surface area (Å²) >= 11 is 0. The van der Waals surface area contributed by atoms with Gasteiger partial charge in [-0.1, -0.05) is 6.92 Å². The Morgan fingerprint density at radius 1 is 1.37 bits per heavy atom. The molecule has 110 valence electrons. The van der Waals surface area contributed by atoms with Crippen molar-refractivity contribution in [2.75, 3.05) is 26.3 Å². The van der Waals surface area contributed by atoms with Crippen LogP contribution in [0.5, 0.6) is 0 Å². The maximum atomic E-state index is 9.75. The summed E-state index contributed by atoms with van der Waals surface area (Å²) in [6, 6.07) is 1.29. The summed E-state index contributed by atoms with van der Waals surface area (Å²) in [6.45, 7) is 5.33. The minimum absolute atomic E-state index is 0.0220. The predicted molar refractivity (Wildman–Crippen MR) is 75.2 cm³/mol. The number of aliphatic hydroxyl groups is 1. The summed E-state index contributed by atoms with van der Waals surface area (Å²) in [5, 5.41) is 13.3. The first-order valence-electron chi connectivity index (χ1n) is 8.01. The number of rotatable bonds is 4. The maximum absolute atomic E-state index is 9.75. The summed E-state index contributed by atoms with van der Waals surface area (Å²) < 4.78 is 5.91. The number of ether oxygens (including phenoxy) is 1. The Kier molecular flexibility index (Phi) is 4.13. The van der Waals surface area contributed by atoms with Gasteiger partial charge in [-0.3, -0.25) is 4.90 Å². The molecule has 2 saturated carbocycles. The molecule has 0 radical (unpaired) electrons. The molecule has 0 spiro atoms. The molecule has 1 aliphatic heterocycles. The number of aliphatic hydroxyl groups excluding tert-OH is 1. The highest BCUT2D eigenvalue weighted by molar-refractivity contribution is 5.02. The van der Waals surface area contributed by atoms with Gasteiger partial charge in [0.15, 0.2) is 0 Å². The fourth-order valence-corrected chi connectivity index (χ4v) is 4.53. The Bertz CT molecular complexity index is 313. The summed E-state index contributed by atoms with van der Waals surface area (Å²) in [5.41, 5.74) is -0.0220. The van der Waals surface area contributed by atoms with Crippen LogP contribution in [-0.2, 0) is 4.74 Å². The van der Waals surface area contributed by atoms with E-state index >= 15 is 0 Å². The van der Waals surface area contributed by atoms with Crippen LogP contribution in [0, 0.1) is 0 Å². The first-order valence-corrected chi connectivity index (χ1v) is 8.01. The molecule has 3 fully saturated rings. The van der Waals surface area contributed by atoms with Crippen LogP contribution in [0.25, 0.3) is 0 Å². The summed E-state index contributed by atoms with van der Waals surface area (Å²) in [5.74, 6) is 0. The minimum atomic E-state index is -0.0220. The van der Waals surface area contributed by atoms with Gasteiger partial charge in [0.2, 0.25) is 0 Å². The van der Waals surface area contributed by atoms with Crippen molar-refractivity contribution in [1.29, 1.82) is 0 Å². The van der Waals surface area contributed by atoms with Gasteiger partial charge < -0.3 is 15.2 Å². The van der Waals surface area contributed by atoms with Crippen molar-refractivity contribution in [2.45, 2.75) is 69.2 Å². The SMILES string of the molecule is CCNC1(CO)CCC(N2CCOC3CCCC32)C1. The van der Waals surface area contributed by atoms with Crippen LogP contribution in [0.3, 0.4) is 0 Å². The van der Waals surface area contributed by atoms with E-state index < -0.39 is 0 Å². The van der Waals surface area contributed by atoms with E-state index in [2.05, 4.69) is 17.1 Å². The molecule has 3 aliphatic rings. The molecule has 4 atom stereocenters. The van der Waals surface area contributed by atoms with Gasteiger partial charge in [0.1, 0.15) is 0 Å². The molecular formula is C15H28N2O2. The number of fused-ring (bicyclic) bond motifs is 1. The third-order valence-electron chi connectivity index (χ3n) is 5.43. The molecule has 3 rings (SSSR count). The molecule has 1 saturated heterocycles. The normalized spacial score (nSPS) is 43.6. The number of likely N-dealkylation sites (N-methyl/N-ethyl adjacent to an activating group) is 1. The van der Waals surface area contributed by atoms with Crippen molar-refractivity contribution in [3.63, 3.8) is 0 Å². The fourth-order valence-electron chi connectivity index (χ4n) is 4.53. The Labute approximate surface area is 116 Å². The third-order valence-corrected chi connectivity index (χ3v) is 5.43. The van der Waals surface area contributed by atoms with Gasteiger partial charge >= 0.3 is 0 Å². The lowest BCUT2D eigenvalue weighted by atomic mass is 9.97. The van der Waals surface area contributed by atoms with E-state index in [0.29, 0.717) is 18.2 Å². The zero-order chi connectivity index (χ0) is 13.3. The third kappa shape index (κ3) is 2.56. The zero-order valence-electron chi connectivity index (χ0n) is 12.1. The lowest BCUT2D eigenvalue weighted by molar-refractivity contribution is -0.0719. The molecule has 19 heavy (non-hydrogen) atoms. The van der Waals surface area contributed by atoms with Gasteiger partial charge in [-0.2, -0.15) is 0 Å². The van der Waals surface area contributed by atoms with Crippen LogP contribution in [0.15, 0.2) is 0 Å². The standard InChI is InChI=1S/C15H28N2O2/c1-2-16-15(11-18)7-6-12(10-15)17-8-9-19-14-5-3-4-13(14)17/h12-14,16,18H,2-11H2,1H3. The van der Waals surface area contributed by atoms with Gasteiger partial charge in [-0.05, 0) is 45.1 Å². The van der Waals surface area contributed by atoms with Gasteiger partial charge in [0, 0.05) is 24.2 Å². The summed E-state index contributed by atoms with van der Waals surface area (Å²) in [7, 11) is 0. The molecule has 0 amide bonds. The second kappa shape index (κ2) is 5.68. The average molecular weight is 268 g/mol. The molecule has 0 bridgehead atoms. The predicted octanol–water partition coefficient (Wildman–Crippen LogP) is 1.13. The van der Waals surface area contributed by atoms with Crippen molar-refractivity contribution in [3.8, 4) is 0 Å². The number of nitrogens with zero attached hydrogens (tertiary/aromatic N) is 1. The summed E-state index contributed by atoms with van der Waals surface area (Å²) in [6.07, 6.45) is 7.77. The van der Waals surface area contributed by atoms with Crippen molar-refractivity contribution in [2.24, 2.45) is 0 Å². The van der Waals surface area contributed by atoms with Crippen molar-refractivity contribution in [3.05, 3.63) is 0 Å². The van der Waals surface area contributed by atoms with E-state index in [0.717, 1.165) is 32.5 Å². The molecule has 0 aromatic heterocycles. The average Bonchev–Trinajstić information content (AvgIpc) is 3.05. The van der Waals surface area contributed by atoms with E-state index in [4.69, 9.17) is 4.74 Å². The van der Waals surface area contributed by atoms with E-state index in [-0.39, 0.29) is 12.1 Å². The Morgan fingerprint density at radius 2 is 2.26 bits per heavy atom. The van der Waals surface area contributed by atoms with E-state index in [1.165, 1.54) is 25.7 Å². The van der Waals surface area contributed by atoms with Crippen molar-refractivity contribution < 1.29 is 9.84 Å². The zero-order valence-corrected chi connectivity index (χ0v) is 12.1. The van der Waals surface area contributed by atoms with Gasteiger partial charge in [0.05, 0.1) is 19.3 Å². The van der Waals surface area contributed by atoms with Crippen LogP contribution >= 0.6 is 0 Å². The molecule has 2 N–H and O–H groups in total. The molecule has 4 unspecified atom stereocenters. The van der Waals surface area contributed by atoms with Gasteiger partial charge in [-0.15, -0.1) is 0 Å². The largest absolute Gasteiger partial charge is 0.394 e. The first-order chi connectivity index (χ1) is 9.28. The van der Waals surface area contributed by atoms with E-state index in [9.17, 15) is 5.11 Å². The Balaban J connectivity index is 1.66. The quantitative estimate of drug-likeness (QED) is 0.802. The molecule has 2 aliphatic carbocycles. The fraction of sp³-hybridized carbons (Fsp3) is 1.00. The van der Waals surface area contributed by atoms with Crippen LogP contribution < -0.4 is 5.32 Å².